The van der Waals surface area contributed by atoms with Crippen LogP contribution in [-0.4, -0.2) is 42.3 Å². The summed E-state index contributed by atoms with van der Waals surface area (Å²) in [5.41, 5.74) is 0. The van der Waals surface area contributed by atoms with E-state index in [1.54, 1.807) is 0 Å². The predicted octanol–water partition coefficient (Wildman–Crippen LogP) is -0.290. The molecule has 7 heteroatoms. The molecule has 7 nitrogen and oxygen atoms in total. The van der Waals surface area contributed by atoms with Crippen molar-refractivity contribution in [2.45, 2.75) is 31.8 Å². The van der Waals surface area contributed by atoms with Gasteiger partial charge in [0.15, 0.2) is 0 Å². The van der Waals surface area contributed by atoms with Crippen LogP contribution in [0.4, 0.5) is 4.79 Å². The van der Waals surface area contributed by atoms with Crippen LogP contribution in [0.3, 0.4) is 0 Å². The van der Waals surface area contributed by atoms with Gasteiger partial charge in [-0.25, -0.2) is 14.4 Å². The van der Waals surface area contributed by atoms with Crippen LogP contribution < -0.4 is 10.6 Å². The van der Waals surface area contributed by atoms with Gasteiger partial charge in [0, 0.05) is 0 Å². The number of hydrogen-bond donors (Lipinski definition) is 3. The van der Waals surface area contributed by atoms with Crippen molar-refractivity contribution < 1.29 is 24.2 Å². The Balaban J connectivity index is 2.42. The monoisotopic (exact) mass is 244 g/mol. The molecule has 17 heavy (non-hydrogen) atoms. The molecular formula is C10H16N2O5. The molecule has 1 aliphatic rings. The van der Waals surface area contributed by atoms with E-state index in [-0.39, 0.29) is 5.92 Å². The van der Waals surface area contributed by atoms with E-state index in [9.17, 15) is 14.4 Å². The minimum atomic E-state index is -1.06. The number of carboxylic acid groups (broad SMARTS) is 1. The fraction of sp³-hybridized carbons (Fsp3) is 0.700. The number of carbonyl (C=O) groups is 3. The molecule has 0 bridgehead atoms. The van der Waals surface area contributed by atoms with Crippen molar-refractivity contribution in [3.05, 3.63) is 0 Å². The molecule has 0 radical (unpaired) electrons. The van der Waals surface area contributed by atoms with Crippen LogP contribution in [0.5, 0.6) is 0 Å². The Hall–Kier alpha value is -1.79. The van der Waals surface area contributed by atoms with Crippen molar-refractivity contribution in [2.24, 2.45) is 5.92 Å². The number of carbonyl (C=O) groups excluding carboxylic acids is 2. The summed E-state index contributed by atoms with van der Waals surface area (Å²) >= 11 is 0. The number of ether oxygens (including phenoxy) is 1. The summed E-state index contributed by atoms with van der Waals surface area (Å²) in [7, 11) is 1.21. The maximum Gasteiger partial charge on any atom is 0.328 e. The number of urea groups is 1. The van der Waals surface area contributed by atoms with Crippen LogP contribution in [0.1, 0.15) is 19.8 Å². The summed E-state index contributed by atoms with van der Waals surface area (Å²) in [6, 6.07) is -2.38. The van der Waals surface area contributed by atoms with Gasteiger partial charge in [0.25, 0.3) is 0 Å². The average Bonchev–Trinajstić information content (AvgIpc) is 3.07. The first-order valence-electron chi connectivity index (χ1n) is 5.33. The molecule has 0 aromatic heterocycles. The predicted molar refractivity (Wildman–Crippen MR) is 57.3 cm³/mol. The summed E-state index contributed by atoms with van der Waals surface area (Å²) in [6.45, 7) is 1.46. The molecular weight excluding hydrogens is 228 g/mol. The van der Waals surface area contributed by atoms with Crippen molar-refractivity contribution in [1.29, 1.82) is 0 Å². The molecule has 0 saturated heterocycles. The van der Waals surface area contributed by atoms with Crippen LogP contribution in [0, 0.1) is 5.92 Å². The highest BCUT2D eigenvalue weighted by atomic mass is 16.5. The molecule has 2 amide bonds. The Morgan fingerprint density at radius 2 is 1.88 bits per heavy atom. The lowest BCUT2D eigenvalue weighted by Gasteiger charge is -2.16. The van der Waals surface area contributed by atoms with Gasteiger partial charge in [-0.3, -0.25) is 0 Å². The summed E-state index contributed by atoms with van der Waals surface area (Å²) in [4.78, 5) is 33.3. The molecule has 0 aromatic carbocycles. The largest absolute Gasteiger partial charge is 0.480 e. The van der Waals surface area contributed by atoms with Gasteiger partial charge < -0.3 is 20.5 Å². The smallest absolute Gasteiger partial charge is 0.328 e. The van der Waals surface area contributed by atoms with Crippen LogP contribution in [0.2, 0.25) is 0 Å². The Bertz CT molecular complexity index is 327. The lowest BCUT2D eigenvalue weighted by atomic mass is 10.2. The van der Waals surface area contributed by atoms with E-state index in [0.717, 1.165) is 12.8 Å². The molecule has 0 heterocycles. The number of nitrogens with one attached hydrogen (secondary N) is 2. The molecule has 2 atom stereocenters. The lowest BCUT2D eigenvalue weighted by Crippen LogP contribution is -2.51. The number of hydrogen-bond acceptors (Lipinski definition) is 4. The van der Waals surface area contributed by atoms with E-state index in [4.69, 9.17) is 5.11 Å². The Morgan fingerprint density at radius 1 is 1.29 bits per heavy atom. The van der Waals surface area contributed by atoms with Gasteiger partial charge in [0.2, 0.25) is 0 Å². The zero-order valence-electron chi connectivity index (χ0n) is 9.73. The number of carboxylic acids is 1. The second kappa shape index (κ2) is 5.51. The normalized spacial score (nSPS) is 17.8. The molecule has 2 unspecified atom stereocenters. The van der Waals surface area contributed by atoms with Crippen molar-refractivity contribution in [3.63, 3.8) is 0 Å². The van der Waals surface area contributed by atoms with Crippen molar-refractivity contribution in [1.82, 2.24) is 10.6 Å². The van der Waals surface area contributed by atoms with Crippen LogP contribution in [-0.2, 0) is 14.3 Å². The SMILES string of the molecule is COC(=O)C(C)NC(=O)NC(C(=O)O)C1CC1. The van der Waals surface area contributed by atoms with Gasteiger partial charge in [-0.1, -0.05) is 0 Å². The molecule has 0 aliphatic heterocycles. The van der Waals surface area contributed by atoms with E-state index in [2.05, 4.69) is 15.4 Å². The summed E-state index contributed by atoms with van der Waals surface area (Å²) in [5.74, 6) is -1.65. The summed E-state index contributed by atoms with van der Waals surface area (Å²) < 4.78 is 4.43. The van der Waals surface area contributed by atoms with Gasteiger partial charge in [0.1, 0.15) is 12.1 Å². The maximum absolute atomic E-state index is 11.4. The third-order valence-electron chi connectivity index (χ3n) is 2.55. The second-order valence-corrected chi connectivity index (χ2v) is 4.02. The molecule has 1 aliphatic carbocycles. The minimum absolute atomic E-state index is 0.00770. The zero-order chi connectivity index (χ0) is 13.0. The van der Waals surface area contributed by atoms with Crippen LogP contribution in [0.15, 0.2) is 0 Å². The third kappa shape index (κ3) is 3.93. The first-order valence-corrected chi connectivity index (χ1v) is 5.33. The maximum atomic E-state index is 11.4. The van der Waals surface area contributed by atoms with E-state index < -0.39 is 30.1 Å². The standard InChI is InChI=1S/C10H16N2O5/c1-5(9(15)17-2)11-10(16)12-7(8(13)14)6-3-4-6/h5-7H,3-4H2,1-2H3,(H,13,14)(H2,11,12,16). The molecule has 3 N–H and O–H groups in total. The van der Waals surface area contributed by atoms with Gasteiger partial charge in [0.05, 0.1) is 7.11 Å². The number of rotatable bonds is 5. The van der Waals surface area contributed by atoms with Gasteiger partial charge in [-0.15, -0.1) is 0 Å². The molecule has 1 rings (SSSR count). The quantitative estimate of drug-likeness (QED) is 0.576. The minimum Gasteiger partial charge on any atom is -0.480 e. The molecule has 0 spiro atoms. The summed E-state index contributed by atoms with van der Waals surface area (Å²) in [6.07, 6.45) is 1.59. The number of aliphatic carboxylic acids is 1. The van der Waals surface area contributed by atoms with Crippen LogP contribution in [0.25, 0.3) is 0 Å². The van der Waals surface area contributed by atoms with E-state index in [0.29, 0.717) is 0 Å². The van der Waals surface area contributed by atoms with Crippen molar-refractivity contribution >= 4 is 18.0 Å². The Kier molecular flexibility index (Phi) is 4.30. The van der Waals surface area contributed by atoms with E-state index >= 15 is 0 Å². The number of methoxy groups -OCH3 is 1. The topological polar surface area (TPSA) is 105 Å². The molecule has 96 valence electrons. The molecule has 0 aromatic rings. The molecule has 1 saturated carbocycles. The highest BCUT2D eigenvalue weighted by molar-refractivity contribution is 5.86. The average molecular weight is 244 g/mol. The number of amides is 2. The van der Waals surface area contributed by atoms with E-state index in [1.807, 2.05) is 0 Å². The molecule has 1 fully saturated rings. The third-order valence-corrected chi connectivity index (χ3v) is 2.55. The van der Waals surface area contributed by atoms with Crippen molar-refractivity contribution in [3.8, 4) is 0 Å². The zero-order valence-corrected chi connectivity index (χ0v) is 9.73. The fourth-order valence-corrected chi connectivity index (χ4v) is 1.43. The number of esters is 1. The highest BCUT2D eigenvalue weighted by Crippen LogP contribution is 2.32. The Morgan fingerprint density at radius 3 is 2.29 bits per heavy atom. The van der Waals surface area contributed by atoms with Gasteiger partial charge in [-0.2, -0.15) is 0 Å². The van der Waals surface area contributed by atoms with E-state index in [1.165, 1.54) is 14.0 Å². The van der Waals surface area contributed by atoms with Crippen molar-refractivity contribution in [2.75, 3.05) is 7.11 Å². The fourth-order valence-electron chi connectivity index (χ4n) is 1.43. The lowest BCUT2D eigenvalue weighted by molar-refractivity contribution is -0.142. The van der Waals surface area contributed by atoms with Crippen LogP contribution >= 0.6 is 0 Å². The first-order chi connectivity index (χ1) is 7.95. The highest BCUT2D eigenvalue weighted by Gasteiger charge is 2.37. The van der Waals surface area contributed by atoms with Gasteiger partial charge >= 0.3 is 18.0 Å². The summed E-state index contributed by atoms with van der Waals surface area (Å²) in [5, 5.41) is 13.5. The van der Waals surface area contributed by atoms with Gasteiger partial charge in [-0.05, 0) is 25.7 Å². The second-order valence-electron chi connectivity index (χ2n) is 4.02. The Labute approximate surface area is 98.5 Å². The first kappa shape index (κ1) is 13.3.